The van der Waals surface area contributed by atoms with Crippen LogP contribution in [0.2, 0.25) is 0 Å². The fourth-order valence-corrected chi connectivity index (χ4v) is 7.61. The van der Waals surface area contributed by atoms with Gasteiger partial charge in [-0.1, -0.05) is 38.7 Å². The lowest BCUT2D eigenvalue weighted by Crippen LogP contribution is -2.50. The molecule has 0 aromatic carbocycles. The fraction of sp³-hybridized carbons (Fsp3) is 0.875. The van der Waals surface area contributed by atoms with Crippen LogP contribution >= 0.6 is 0 Å². The first-order chi connectivity index (χ1) is 12.6. The van der Waals surface area contributed by atoms with E-state index in [1.165, 1.54) is 56.9 Å². The first-order valence-electron chi connectivity index (χ1n) is 11.5. The fourth-order valence-electron chi connectivity index (χ4n) is 7.61. The lowest BCUT2D eigenvalue weighted by Gasteiger charge is -2.58. The van der Waals surface area contributed by atoms with E-state index >= 15 is 0 Å². The van der Waals surface area contributed by atoms with E-state index in [2.05, 4.69) is 26.1 Å². The Morgan fingerprint density at radius 1 is 1.12 bits per heavy atom. The minimum atomic E-state index is 0.250. The van der Waals surface area contributed by atoms with E-state index in [0.717, 1.165) is 55.1 Å². The molecule has 0 bridgehead atoms. The molecule has 6 atom stereocenters. The van der Waals surface area contributed by atoms with Crippen molar-refractivity contribution >= 4 is 5.91 Å². The van der Waals surface area contributed by atoms with Gasteiger partial charge in [0, 0.05) is 12.1 Å². The van der Waals surface area contributed by atoms with Crippen LogP contribution in [0.4, 0.5) is 0 Å². The summed E-state index contributed by atoms with van der Waals surface area (Å²) in [5, 5.41) is 3.19. The third-order valence-corrected chi connectivity index (χ3v) is 9.08. The van der Waals surface area contributed by atoms with Crippen LogP contribution in [0.15, 0.2) is 11.1 Å². The number of fused-ring (bicyclic) bond motifs is 5. The maximum absolute atomic E-state index is 12.8. The molecule has 2 heteroatoms. The zero-order valence-electron chi connectivity index (χ0n) is 17.3. The molecule has 3 fully saturated rings. The summed E-state index contributed by atoms with van der Waals surface area (Å²) in [6.07, 6.45) is 14.8. The standard InChI is InChI=1S/C24H39NO/c1-4-5-14-25-23(26)20-15-21-18(16(20)2)11-12-22-19(21)10-9-17-8-6-7-13-24(17,22)3/h17-19,21-22H,4-15H2,1-3H3,(H,25,26)/t17-,18+,19+,21-,22+,24+/m1/s1. The van der Waals surface area contributed by atoms with Gasteiger partial charge in [0.05, 0.1) is 0 Å². The molecule has 3 saturated carbocycles. The monoisotopic (exact) mass is 357 g/mol. The average Bonchev–Trinajstić information content (AvgIpc) is 2.98. The topological polar surface area (TPSA) is 29.1 Å². The zero-order valence-corrected chi connectivity index (χ0v) is 17.3. The van der Waals surface area contributed by atoms with Crippen LogP contribution in [0.25, 0.3) is 0 Å². The summed E-state index contributed by atoms with van der Waals surface area (Å²) in [6, 6.07) is 0. The van der Waals surface area contributed by atoms with Crippen molar-refractivity contribution in [1.29, 1.82) is 0 Å². The number of carbonyl (C=O) groups is 1. The maximum Gasteiger partial charge on any atom is 0.247 e. The maximum atomic E-state index is 12.8. The molecule has 146 valence electrons. The van der Waals surface area contributed by atoms with Crippen LogP contribution in [0, 0.1) is 35.0 Å². The smallest absolute Gasteiger partial charge is 0.247 e. The van der Waals surface area contributed by atoms with Gasteiger partial charge in [-0.2, -0.15) is 0 Å². The van der Waals surface area contributed by atoms with Gasteiger partial charge >= 0.3 is 0 Å². The Morgan fingerprint density at radius 2 is 1.96 bits per heavy atom. The Hall–Kier alpha value is -0.790. The zero-order chi connectivity index (χ0) is 18.3. The van der Waals surface area contributed by atoms with Crippen LogP contribution in [-0.4, -0.2) is 12.5 Å². The highest BCUT2D eigenvalue weighted by Crippen LogP contribution is 2.63. The minimum absolute atomic E-state index is 0.250. The van der Waals surface area contributed by atoms with E-state index in [1.54, 1.807) is 0 Å². The Balaban J connectivity index is 1.49. The van der Waals surface area contributed by atoms with Crippen molar-refractivity contribution < 1.29 is 4.79 Å². The second-order valence-electron chi connectivity index (χ2n) is 10.1. The Morgan fingerprint density at radius 3 is 2.77 bits per heavy atom. The number of carbonyl (C=O) groups excluding carboxylic acids is 1. The number of hydrogen-bond donors (Lipinski definition) is 1. The molecule has 4 aliphatic carbocycles. The van der Waals surface area contributed by atoms with E-state index in [4.69, 9.17) is 0 Å². The second-order valence-corrected chi connectivity index (χ2v) is 10.1. The molecule has 0 unspecified atom stereocenters. The van der Waals surface area contributed by atoms with Gasteiger partial charge in [-0.25, -0.2) is 0 Å². The van der Waals surface area contributed by atoms with Gasteiger partial charge in [-0.05, 0) is 93.3 Å². The van der Waals surface area contributed by atoms with Crippen molar-refractivity contribution in [3.8, 4) is 0 Å². The average molecular weight is 358 g/mol. The molecule has 1 amide bonds. The number of unbranched alkanes of at least 4 members (excludes halogenated alkanes) is 1. The van der Waals surface area contributed by atoms with E-state index in [-0.39, 0.29) is 5.91 Å². The molecule has 4 aliphatic rings. The van der Waals surface area contributed by atoms with E-state index in [1.807, 2.05) is 0 Å². The summed E-state index contributed by atoms with van der Waals surface area (Å²) >= 11 is 0. The third-order valence-electron chi connectivity index (χ3n) is 9.08. The number of nitrogens with one attached hydrogen (secondary N) is 1. The van der Waals surface area contributed by atoms with Crippen molar-refractivity contribution in [3.05, 3.63) is 11.1 Å². The highest BCUT2D eigenvalue weighted by atomic mass is 16.1. The third kappa shape index (κ3) is 2.96. The summed E-state index contributed by atoms with van der Waals surface area (Å²) in [7, 11) is 0. The van der Waals surface area contributed by atoms with Crippen LogP contribution in [-0.2, 0) is 4.79 Å². The van der Waals surface area contributed by atoms with Crippen LogP contribution < -0.4 is 5.32 Å². The molecule has 0 aromatic heterocycles. The van der Waals surface area contributed by atoms with Gasteiger partial charge in [-0.3, -0.25) is 4.79 Å². The van der Waals surface area contributed by atoms with Crippen LogP contribution in [0.3, 0.4) is 0 Å². The summed E-state index contributed by atoms with van der Waals surface area (Å²) in [4.78, 5) is 12.8. The van der Waals surface area contributed by atoms with Crippen molar-refractivity contribution in [1.82, 2.24) is 5.32 Å². The molecule has 4 rings (SSSR count). The van der Waals surface area contributed by atoms with Crippen molar-refractivity contribution in [2.24, 2.45) is 35.0 Å². The Labute approximate surface area is 160 Å². The first kappa shape index (κ1) is 18.6. The summed E-state index contributed by atoms with van der Waals surface area (Å²) in [5.41, 5.74) is 3.21. The quantitative estimate of drug-likeness (QED) is 0.626. The molecule has 0 aromatic rings. The summed E-state index contributed by atoms with van der Waals surface area (Å²) in [5.74, 6) is 4.51. The number of hydrogen-bond acceptors (Lipinski definition) is 1. The van der Waals surface area contributed by atoms with Crippen molar-refractivity contribution in [2.75, 3.05) is 6.54 Å². The first-order valence-corrected chi connectivity index (χ1v) is 11.5. The van der Waals surface area contributed by atoms with Gasteiger partial charge in [0.2, 0.25) is 5.91 Å². The molecule has 0 aliphatic heterocycles. The minimum Gasteiger partial charge on any atom is -0.352 e. The van der Waals surface area contributed by atoms with Crippen molar-refractivity contribution in [2.45, 2.75) is 91.4 Å². The predicted octanol–water partition coefficient (Wildman–Crippen LogP) is 5.87. The molecule has 1 N–H and O–H groups in total. The SMILES string of the molecule is CCCCNC(=O)C1=C(C)[C@@H]2CC[C@H]3[C@@H](CC[C@H]4CCCC[C@@]43C)[C@@H]2C1. The van der Waals surface area contributed by atoms with Gasteiger partial charge in [-0.15, -0.1) is 0 Å². The van der Waals surface area contributed by atoms with Gasteiger partial charge in [0.25, 0.3) is 0 Å². The van der Waals surface area contributed by atoms with Gasteiger partial charge < -0.3 is 5.32 Å². The molecular formula is C24H39NO. The van der Waals surface area contributed by atoms with E-state index in [0.29, 0.717) is 11.3 Å². The molecule has 0 radical (unpaired) electrons. The molecule has 26 heavy (non-hydrogen) atoms. The summed E-state index contributed by atoms with van der Waals surface area (Å²) < 4.78 is 0. The molecular weight excluding hydrogens is 318 g/mol. The predicted molar refractivity (Wildman–Crippen MR) is 108 cm³/mol. The van der Waals surface area contributed by atoms with Gasteiger partial charge in [0.15, 0.2) is 0 Å². The molecule has 0 saturated heterocycles. The second kappa shape index (κ2) is 7.32. The number of rotatable bonds is 4. The summed E-state index contributed by atoms with van der Waals surface area (Å²) in [6.45, 7) is 7.94. The lowest BCUT2D eigenvalue weighted by atomic mass is 9.47. The molecule has 0 spiro atoms. The lowest BCUT2D eigenvalue weighted by molar-refractivity contribution is -0.117. The highest BCUT2D eigenvalue weighted by molar-refractivity contribution is 5.94. The molecule has 2 nitrogen and oxygen atoms in total. The van der Waals surface area contributed by atoms with Crippen molar-refractivity contribution in [3.63, 3.8) is 0 Å². The van der Waals surface area contributed by atoms with Crippen LogP contribution in [0.1, 0.15) is 91.4 Å². The molecule has 0 heterocycles. The Bertz CT molecular complexity index is 579. The number of amides is 1. The van der Waals surface area contributed by atoms with E-state index in [9.17, 15) is 4.79 Å². The normalized spacial score (nSPS) is 42.0. The largest absolute Gasteiger partial charge is 0.352 e. The van der Waals surface area contributed by atoms with E-state index < -0.39 is 0 Å². The van der Waals surface area contributed by atoms with Gasteiger partial charge in [0.1, 0.15) is 0 Å². The number of allylic oxidation sites excluding steroid dienone is 1. The van der Waals surface area contributed by atoms with Crippen LogP contribution in [0.5, 0.6) is 0 Å². The highest BCUT2D eigenvalue weighted by Gasteiger charge is 2.55. The Kier molecular flexibility index (Phi) is 5.23.